The van der Waals surface area contributed by atoms with Gasteiger partial charge in [-0.15, -0.1) is 0 Å². The Labute approximate surface area is 112 Å². The van der Waals surface area contributed by atoms with Crippen LogP contribution in [0, 0.1) is 0 Å². The lowest BCUT2D eigenvalue weighted by Crippen LogP contribution is -1.98. The number of nitrogens with zero attached hydrogens (tertiary/aromatic N) is 1. The van der Waals surface area contributed by atoms with Crippen molar-refractivity contribution in [3.8, 4) is 11.5 Å². The van der Waals surface area contributed by atoms with E-state index in [1.807, 2.05) is 24.3 Å². The first-order chi connectivity index (χ1) is 9.33. The number of ether oxygens (including phenoxy) is 2. The van der Waals surface area contributed by atoms with E-state index in [1.165, 1.54) is 0 Å². The number of rotatable bonds is 2. The summed E-state index contributed by atoms with van der Waals surface area (Å²) in [4.78, 5) is 4.11. The minimum atomic E-state index is 0.700. The normalized spacial score (nSPS) is 13.9. The number of nitrogens with two attached hydrogens (primary N) is 1. The second-order valence-electron chi connectivity index (χ2n) is 4.58. The molecule has 2 heterocycles. The van der Waals surface area contributed by atoms with Crippen LogP contribution in [-0.4, -0.2) is 18.2 Å². The molecule has 0 bridgehead atoms. The van der Waals surface area contributed by atoms with Crippen molar-refractivity contribution >= 4 is 5.69 Å². The zero-order chi connectivity index (χ0) is 13.1. The van der Waals surface area contributed by atoms with E-state index >= 15 is 0 Å². The van der Waals surface area contributed by atoms with Crippen LogP contribution in [0.1, 0.15) is 17.5 Å². The number of hydrogen-bond donors (Lipinski definition) is 1. The maximum atomic E-state index is 5.94. The van der Waals surface area contributed by atoms with Gasteiger partial charge >= 0.3 is 0 Å². The summed E-state index contributed by atoms with van der Waals surface area (Å²) >= 11 is 0. The Morgan fingerprint density at radius 2 is 1.95 bits per heavy atom. The molecular weight excluding hydrogens is 240 g/mol. The van der Waals surface area contributed by atoms with Crippen LogP contribution in [0.3, 0.4) is 0 Å². The summed E-state index contributed by atoms with van der Waals surface area (Å²) in [5, 5.41) is 0. The van der Waals surface area contributed by atoms with Gasteiger partial charge in [0, 0.05) is 30.9 Å². The van der Waals surface area contributed by atoms with E-state index in [0.29, 0.717) is 13.2 Å². The van der Waals surface area contributed by atoms with Gasteiger partial charge in [-0.1, -0.05) is 6.07 Å². The quantitative estimate of drug-likeness (QED) is 0.896. The van der Waals surface area contributed by atoms with Crippen LogP contribution in [0.25, 0.3) is 0 Å². The van der Waals surface area contributed by atoms with Gasteiger partial charge in [-0.05, 0) is 29.3 Å². The molecular formula is C15H16N2O2. The number of aromatic nitrogens is 1. The molecule has 0 atom stereocenters. The highest BCUT2D eigenvalue weighted by molar-refractivity contribution is 5.49. The van der Waals surface area contributed by atoms with E-state index < -0.39 is 0 Å². The number of hydrogen-bond acceptors (Lipinski definition) is 4. The zero-order valence-corrected chi connectivity index (χ0v) is 10.6. The van der Waals surface area contributed by atoms with E-state index in [2.05, 4.69) is 4.98 Å². The molecule has 0 spiro atoms. The second-order valence-corrected chi connectivity index (χ2v) is 4.58. The second kappa shape index (κ2) is 5.18. The lowest BCUT2D eigenvalue weighted by Gasteiger charge is -2.10. The van der Waals surface area contributed by atoms with Gasteiger partial charge in [-0.3, -0.25) is 4.98 Å². The van der Waals surface area contributed by atoms with E-state index in [0.717, 1.165) is 41.2 Å². The molecule has 1 aliphatic heterocycles. The fraction of sp³-hybridized carbons (Fsp3) is 0.267. The number of pyridine rings is 1. The largest absolute Gasteiger partial charge is 0.490 e. The van der Waals surface area contributed by atoms with Gasteiger partial charge in [0.05, 0.1) is 13.2 Å². The fourth-order valence-corrected chi connectivity index (χ4v) is 2.12. The van der Waals surface area contributed by atoms with E-state index in [4.69, 9.17) is 15.2 Å². The summed E-state index contributed by atoms with van der Waals surface area (Å²) in [5.41, 5.74) is 8.87. The molecule has 98 valence electrons. The van der Waals surface area contributed by atoms with E-state index in [9.17, 15) is 0 Å². The maximum Gasteiger partial charge on any atom is 0.161 e. The Bertz CT molecular complexity index is 584. The van der Waals surface area contributed by atoms with Gasteiger partial charge in [-0.2, -0.15) is 0 Å². The predicted molar refractivity (Wildman–Crippen MR) is 73.5 cm³/mol. The lowest BCUT2D eigenvalue weighted by atomic mass is 10.0. The SMILES string of the molecule is Nc1ccncc1Cc1ccc2c(c1)OCCCO2. The Morgan fingerprint density at radius 1 is 1.11 bits per heavy atom. The average Bonchev–Trinajstić information content (AvgIpc) is 2.66. The molecule has 1 aromatic heterocycles. The van der Waals surface area contributed by atoms with Crippen molar-refractivity contribution in [2.24, 2.45) is 0 Å². The molecule has 0 unspecified atom stereocenters. The van der Waals surface area contributed by atoms with Crippen molar-refractivity contribution in [1.29, 1.82) is 0 Å². The van der Waals surface area contributed by atoms with E-state index in [-0.39, 0.29) is 0 Å². The van der Waals surface area contributed by atoms with Gasteiger partial charge in [0.1, 0.15) is 0 Å². The smallest absolute Gasteiger partial charge is 0.161 e. The van der Waals surface area contributed by atoms with Crippen molar-refractivity contribution in [2.45, 2.75) is 12.8 Å². The topological polar surface area (TPSA) is 57.4 Å². The monoisotopic (exact) mass is 256 g/mol. The van der Waals surface area contributed by atoms with Crippen LogP contribution < -0.4 is 15.2 Å². The molecule has 19 heavy (non-hydrogen) atoms. The lowest BCUT2D eigenvalue weighted by molar-refractivity contribution is 0.297. The van der Waals surface area contributed by atoms with Crippen molar-refractivity contribution in [3.05, 3.63) is 47.8 Å². The summed E-state index contributed by atoms with van der Waals surface area (Å²) in [6.07, 6.45) is 5.17. The molecule has 0 saturated carbocycles. The van der Waals surface area contributed by atoms with Gasteiger partial charge in [0.2, 0.25) is 0 Å². The van der Waals surface area contributed by atoms with Gasteiger partial charge in [0.25, 0.3) is 0 Å². The summed E-state index contributed by atoms with van der Waals surface area (Å²) in [7, 11) is 0. The standard InChI is InChI=1S/C15H16N2O2/c16-13-4-5-17-10-12(13)8-11-2-3-14-15(9-11)19-7-1-6-18-14/h2-5,9-10H,1,6-8H2,(H2,16,17). The van der Waals surface area contributed by atoms with Crippen LogP contribution in [0.4, 0.5) is 5.69 Å². The molecule has 2 aromatic rings. The Balaban J connectivity index is 1.86. The minimum absolute atomic E-state index is 0.700. The Kier molecular flexibility index (Phi) is 3.23. The summed E-state index contributed by atoms with van der Waals surface area (Å²) in [6.45, 7) is 1.41. The van der Waals surface area contributed by atoms with Crippen molar-refractivity contribution in [1.82, 2.24) is 4.98 Å². The molecule has 1 aliphatic rings. The first-order valence-electron chi connectivity index (χ1n) is 6.40. The molecule has 0 saturated heterocycles. The molecule has 0 aliphatic carbocycles. The van der Waals surface area contributed by atoms with Crippen LogP contribution in [0.5, 0.6) is 11.5 Å². The highest BCUT2D eigenvalue weighted by atomic mass is 16.5. The number of benzene rings is 1. The van der Waals surface area contributed by atoms with Gasteiger partial charge in [0.15, 0.2) is 11.5 Å². The van der Waals surface area contributed by atoms with Crippen LogP contribution in [0.2, 0.25) is 0 Å². The zero-order valence-electron chi connectivity index (χ0n) is 10.6. The third-order valence-electron chi connectivity index (χ3n) is 3.15. The fourth-order valence-electron chi connectivity index (χ4n) is 2.12. The third kappa shape index (κ3) is 2.62. The van der Waals surface area contributed by atoms with Crippen molar-refractivity contribution in [3.63, 3.8) is 0 Å². The van der Waals surface area contributed by atoms with Crippen molar-refractivity contribution in [2.75, 3.05) is 18.9 Å². The third-order valence-corrected chi connectivity index (χ3v) is 3.15. The summed E-state index contributed by atoms with van der Waals surface area (Å²) in [6, 6.07) is 7.84. The maximum absolute atomic E-state index is 5.94. The van der Waals surface area contributed by atoms with Gasteiger partial charge < -0.3 is 15.2 Å². The van der Waals surface area contributed by atoms with Crippen LogP contribution in [-0.2, 0) is 6.42 Å². The Morgan fingerprint density at radius 3 is 2.79 bits per heavy atom. The summed E-state index contributed by atoms with van der Waals surface area (Å²) in [5.74, 6) is 1.64. The molecule has 2 N–H and O–H groups in total. The van der Waals surface area contributed by atoms with Crippen LogP contribution >= 0.6 is 0 Å². The van der Waals surface area contributed by atoms with E-state index in [1.54, 1.807) is 12.4 Å². The molecule has 4 nitrogen and oxygen atoms in total. The Hall–Kier alpha value is -2.23. The molecule has 0 radical (unpaired) electrons. The number of fused-ring (bicyclic) bond motifs is 1. The molecule has 4 heteroatoms. The highest BCUT2D eigenvalue weighted by Gasteiger charge is 2.11. The molecule has 0 fully saturated rings. The first kappa shape index (κ1) is 11.8. The highest BCUT2D eigenvalue weighted by Crippen LogP contribution is 2.31. The molecule has 3 rings (SSSR count). The first-order valence-corrected chi connectivity index (χ1v) is 6.40. The predicted octanol–water partition coefficient (Wildman–Crippen LogP) is 2.42. The number of nitrogen functional groups attached to an aromatic ring is 1. The molecule has 1 aromatic carbocycles. The van der Waals surface area contributed by atoms with Gasteiger partial charge in [-0.25, -0.2) is 0 Å². The van der Waals surface area contributed by atoms with Crippen LogP contribution in [0.15, 0.2) is 36.7 Å². The minimum Gasteiger partial charge on any atom is -0.490 e. The molecule has 0 amide bonds. The van der Waals surface area contributed by atoms with Crippen molar-refractivity contribution < 1.29 is 9.47 Å². The number of anilines is 1. The average molecular weight is 256 g/mol. The summed E-state index contributed by atoms with van der Waals surface area (Å²) < 4.78 is 11.3.